The maximum atomic E-state index is 12.5. The van der Waals surface area contributed by atoms with E-state index in [1.165, 1.54) is 13.2 Å². The summed E-state index contributed by atoms with van der Waals surface area (Å²) >= 11 is 0. The molecule has 0 aliphatic heterocycles. The lowest BCUT2D eigenvalue weighted by Gasteiger charge is -2.07. The summed E-state index contributed by atoms with van der Waals surface area (Å²) < 4.78 is 16.3. The fourth-order valence-corrected chi connectivity index (χ4v) is 2.19. The lowest BCUT2D eigenvalue weighted by molar-refractivity contribution is 0.413. The molecular weight excluding hydrogens is 286 g/mol. The Morgan fingerprint density at radius 3 is 2.18 bits per heavy atom. The number of hydrogen-bond acceptors (Lipinski definition) is 5. The summed E-state index contributed by atoms with van der Waals surface area (Å²) in [5.41, 5.74) is 0.162. The summed E-state index contributed by atoms with van der Waals surface area (Å²) in [6.45, 7) is 0. The van der Waals surface area contributed by atoms with Gasteiger partial charge in [0.15, 0.2) is 0 Å². The first kappa shape index (κ1) is 13.9. The van der Waals surface area contributed by atoms with E-state index in [4.69, 9.17) is 13.9 Å². The molecular formula is C16H13NO5. The van der Waals surface area contributed by atoms with Crippen LogP contribution in [-0.2, 0) is 0 Å². The summed E-state index contributed by atoms with van der Waals surface area (Å²) in [6, 6.07) is 11.3. The van der Waals surface area contributed by atoms with Crippen molar-refractivity contribution in [3.8, 4) is 17.2 Å². The minimum absolute atomic E-state index is 0.194. The number of aromatic nitrogens is 1. The van der Waals surface area contributed by atoms with Crippen LogP contribution in [0.2, 0.25) is 0 Å². The molecule has 1 aromatic heterocycles. The first-order valence-electron chi connectivity index (χ1n) is 6.52. The van der Waals surface area contributed by atoms with Crippen molar-refractivity contribution < 1.29 is 13.9 Å². The molecule has 0 saturated heterocycles. The Morgan fingerprint density at radius 2 is 1.55 bits per heavy atom. The van der Waals surface area contributed by atoms with Gasteiger partial charge in [0.25, 0.3) is 5.56 Å². The monoisotopic (exact) mass is 299 g/mol. The summed E-state index contributed by atoms with van der Waals surface area (Å²) in [7, 11) is 3.04. The number of nitrogens with zero attached hydrogens (tertiary/aromatic N) is 1. The molecule has 0 spiro atoms. The zero-order valence-electron chi connectivity index (χ0n) is 12.0. The average molecular weight is 299 g/mol. The number of hydrogen-bond donors (Lipinski definition) is 0. The van der Waals surface area contributed by atoms with Gasteiger partial charge in [-0.1, -0.05) is 0 Å². The Balaban J connectivity index is 2.25. The summed E-state index contributed by atoms with van der Waals surface area (Å²) in [5, 5.41) is 0.302. The molecule has 6 heteroatoms. The SMILES string of the molecule is COc1ccc(-n2c(=O)oc3cc(OC)ccc3c2=O)cc1. The minimum Gasteiger partial charge on any atom is -0.497 e. The molecule has 2 aromatic carbocycles. The molecule has 0 bridgehead atoms. The van der Waals surface area contributed by atoms with Gasteiger partial charge >= 0.3 is 5.76 Å². The topological polar surface area (TPSA) is 70.7 Å². The Kier molecular flexibility index (Phi) is 3.42. The number of ether oxygens (including phenoxy) is 2. The van der Waals surface area contributed by atoms with E-state index >= 15 is 0 Å². The highest BCUT2D eigenvalue weighted by molar-refractivity contribution is 5.77. The number of methoxy groups -OCH3 is 2. The molecule has 22 heavy (non-hydrogen) atoms. The van der Waals surface area contributed by atoms with Crippen LogP contribution in [0, 0.1) is 0 Å². The van der Waals surface area contributed by atoms with Crippen LogP contribution in [0.15, 0.2) is 56.5 Å². The third kappa shape index (κ3) is 2.24. The van der Waals surface area contributed by atoms with Gasteiger partial charge in [-0.15, -0.1) is 0 Å². The van der Waals surface area contributed by atoms with E-state index < -0.39 is 11.3 Å². The Morgan fingerprint density at radius 1 is 0.909 bits per heavy atom. The fourth-order valence-electron chi connectivity index (χ4n) is 2.19. The van der Waals surface area contributed by atoms with Crippen LogP contribution in [0.25, 0.3) is 16.7 Å². The second-order valence-corrected chi connectivity index (χ2v) is 4.57. The van der Waals surface area contributed by atoms with Crippen LogP contribution in [0.4, 0.5) is 0 Å². The standard InChI is InChI=1S/C16H13NO5/c1-20-11-5-3-10(4-6-11)17-15(18)13-8-7-12(21-2)9-14(13)22-16(17)19/h3-9H,1-2H3. The van der Waals surface area contributed by atoms with Gasteiger partial charge in [-0.25, -0.2) is 9.36 Å². The Hall–Kier alpha value is -3.02. The molecule has 3 rings (SSSR count). The van der Waals surface area contributed by atoms with Crippen molar-refractivity contribution in [2.75, 3.05) is 14.2 Å². The molecule has 0 aliphatic rings. The lowest BCUT2D eigenvalue weighted by Crippen LogP contribution is -2.30. The highest BCUT2D eigenvalue weighted by Crippen LogP contribution is 2.18. The predicted octanol–water partition coefficient (Wildman–Crippen LogP) is 1.96. The van der Waals surface area contributed by atoms with Crippen LogP contribution < -0.4 is 20.8 Å². The van der Waals surface area contributed by atoms with Gasteiger partial charge in [0, 0.05) is 6.07 Å². The molecule has 6 nitrogen and oxygen atoms in total. The number of fused-ring (bicyclic) bond motifs is 1. The van der Waals surface area contributed by atoms with Crippen molar-refractivity contribution in [2.24, 2.45) is 0 Å². The average Bonchev–Trinajstić information content (AvgIpc) is 2.55. The van der Waals surface area contributed by atoms with Crippen molar-refractivity contribution in [1.29, 1.82) is 0 Å². The molecule has 0 N–H and O–H groups in total. The van der Waals surface area contributed by atoms with Gasteiger partial charge in [-0.2, -0.15) is 0 Å². The first-order chi connectivity index (χ1) is 10.6. The highest BCUT2D eigenvalue weighted by Gasteiger charge is 2.12. The smallest absolute Gasteiger partial charge is 0.426 e. The molecule has 112 valence electrons. The van der Waals surface area contributed by atoms with E-state index in [2.05, 4.69) is 0 Å². The van der Waals surface area contributed by atoms with Gasteiger partial charge in [0.05, 0.1) is 25.3 Å². The third-order valence-electron chi connectivity index (χ3n) is 3.33. The number of benzene rings is 2. The van der Waals surface area contributed by atoms with Crippen molar-refractivity contribution in [2.45, 2.75) is 0 Å². The molecule has 0 aliphatic carbocycles. The Labute approximate surface area is 125 Å². The van der Waals surface area contributed by atoms with Gasteiger partial charge in [-0.05, 0) is 36.4 Å². The van der Waals surface area contributed by atoms with E-state index in [0.29, 0.717) is 22.6 Å². The quantitative estimate of drug-likeness (QED) is 0.739. The molecule has 0 radical (unpaired) electrons. The van der Waals surface area contributed by atoms with Crippen LogP contribution in [0.5, 0.6) is 11.5 Å². The number of rotatable bonds is 3. The van der Waals surface area contributed by atoms with Gasteiger partial charge in [0.2, 0.25) is 0 Å². The summed E-state index contributed by atoms with van der Waals surface area (Å²) in [6.07, 6.45) is 0. The predicted molar refractivity (Wildman–Crippen MR) is 81.2 cm³/mol. The van der Waals surface area contributed by atoms with Crippen molar-refractivity contribution in [3.05, 3.63) is 63.4 Å². The maximum absolute atomic E-state index is 12.5. The molecule has 0 unspecified atom stereocenters. The van der Waals surface area contributed by atoms with Gasteiger partial charge in [0.1, 0.15) is 17.1 Å². The van der Waals surface area contributed by atoms with E-state index in [0.717, 1.165) is 4.57 Å². The van der Waals surface area contributed by atoms with E-state index in [-0.39, 0.29) is 5.58 Å². The maximum Gasteiger partial charge on any atom is 0.426 e. The van der Waals surface area contributed by atoms with Crippen LogP contribution in [-0.4, -0.2) is 18.8 Å². The van der Waals surface area contributed by atoms with Crippen molar-refractivity contribution in [3.63, 3.8) is 0 Å². The van der Waals surface area contributed by atoms with Crippen molar-refractivity contribution in [1.82, 2.24) is 4.57 Å². The van der Waals surface area contributed by atoms with Crippen LogP contribution >= 0.6 is 0 Å². The van der Waals surface area contributed by atoms with E-state index in [1.807, 2.05) is 0 Å². The minimum atomic E-state index is -0.754. The van der Waals surface area contributed by atoms with Crippen molar-refractivity contribution >= 4 is 11.0 Å². The highest BCUT2D eigenvalue weighted by atomic mass is 16.5. The van der Waals surface area contributed by atoms with E-state index in [9.17, 15) is 9.59 Å². The molecule has 0 amide bonds. The molecule has 3 aromatic rings. The van der Waals surface area contributed by atoms with Crippen LogP contribution in [0.3, 0.4) is 0 Å². The zero-order chi connectivity index (χ0) is 15.7. The molecule has 0 fully saturated rings. The first-order valence-corrected chi connectivity index (χ1v) is 6.52. The second-order valence-electron chi connectivity index (χ2n) is 4.57. The van der Waals surface area contributed by atoms with Gasteiger partial charge < -0.3 is 13.9 Å². The normalized spacial score (nSPS) is 10.6. The van der Waals surface area contributed by atoms with Gasteiger partial charge in [-0.3, -0.25) is 4.79 Å². The molecule has 0 atom stereocenters. The fraction of sp³-hybridized carbons (Fsp3) is 0.125. The lowest BCUT2D eigenvalue weighted by atomic mass is 10.2. The summed E-state index contributed by atoms with van der Waals surface area (Å²) in [4.78, 5) is 24.7. The Bertz CT molecular complexity index is 937. The zero-order valence-corrected chi connectivity index (χ0v) is 12.0. The third-order valence-corrected chi connectivity index (χ3v) is 3.33. The largest absolute Gasteiger partial charge is 0.497 e. The second kappa shape index (κ2) is 5.40. The van der Waals surface area contributed by atoms with Crippen LogP contribution in [0.1, 0.15) is 0 Å². The molecule has 0 saturated carbocycles. The summed E-state index contributed by atoms with van der Waals surface area (Å²) in [5.74, 6) is 0.389. The molecule has 1 heterocycles. The van der Waals surface area contributed by atoms with E-state index in [1.54, 1.807) is 43.5 Å².